The topological polar surface area (TPSA) is 65.0 Å². The first-order valence-corrected chi connectivity index (χ1v) is 16.6. The van der Waals surface area contributed by atoms with E-state index in [9.17, 15) is 0 Å². The highest BCUT2D eigenvalue weighted by molar-refractivity contribution is 6.10. The monoisotopic (exact) mass is 641 g/mol. The highest BCUT2D eigenvalue weighted by Crippen LogP contribution is 2.40. The fourth-order valence-corrected chi connectivity index (χ4v) is 6.90. The minimum atomic E-state index is 0.586. The summed E-state index contributed by atoms with van der Waals surface area (Å²) in [4.78, 5) is 15.1. The number of aromatic nitrogens is 3. The van der Waals surface area contributed by atoms with Gasteiger partial charge in [0.2, 0.25) is 0 Å². The Labute approximate surface area is 287 Å². The van der Waals surface area contributed by atoms with Gasteiger partial charge in [-0.1, -0.05) is 121 Å². The van der Waals surface area contributed by atoms with Gasteiger partial charge in [0.25, 0.3) is 0 Å². The van der Waals surface area contributed by atoms with Crippen molar-refractivity contribution in [2.24, 2.45) is 0 Å². The molecule has 3 aromatic heterocycles. The number of hydrogen-bond donors (Lipinski definition) is 0. The van der Waals surface area contributed by atoms with Crippen LogP contribution in [0.4, 0.5) is 0 Å². The average molecular weight is 642 g/mol. The zero-order valence-corrected chi connectivity index (χ0v) is 26.7. The SMILES string of the molecule is c1ccc(-c2nc(-c3ccccc3)nc(-c3cc(-c4ccc5c(c4)oc4ccccc45)cc(-c4cccc5c4oc4ccccc45)c3)n2)cc1. The number of nitrogens with zero attached hydrogens (tertiary/aromatic N) is 3. The third-order valence-electron chi connectivity index (χ3n) is 9.32. The molecule has 0 aliphatic carbocycles. The largest absolute Gasteiger partial charge is 0.456 e. The van der Waals surface area contributed by atoms with Crippen molar-refractivity contribution >= 4 is 43.9 Å². The summed E-state index contributed by atoms with van der Waals surface area (Å²) in [5.41, 5.74) is 10.2. The summed E-state index contributed by atoms with van der Waals surface area (Å²) in [5.74, 6) is 1.82. The molecule has 0 radical (unpaired) electrons. The van der Waals surface area contributed by atoms with E-state index >= 15 is 0 Å². The fraction of sp³-hybridized carbons (Fsp3) is 0. The van der Waals surface area contributed by atoms with Crippen LogP contribution in [-0.4, -0.2) is 15.0 Å². The van der Waals surface area contributed by atoms with Crippen LogP contribution in [0.3, 0.4) is 0 Å². The molecule has 0 aliphatic heterocycles. The van der Waals surface area contributed by atoms with Gasteiger partial charge in [0.15, 0.2) is 17.5 Å². The third kappa shape index (κ3) is 4.75. The summed E-state index contributed by atoms with van der Waals surface area (Å²) in [6.07, 6.45) is 0. The molecule has 10 rings (SSSR count). The van der Waals surface area contributed by atoms with Crippen molar-refractivity contribution in [3.05, 3.63) is 164 Å². The van der Waals surface area contributed by atoms with Gasteiger partial charge in [-0.25, -0.2) is 15.0 Å². The smallest absolute Gasteiger partial charge is 0.164 e. The van der Waals surface area contributed by atoms with E-state index in [1.54, 1.807) is 0 Å². The van der Waals surface area contributed by atoms with E-state index in [0.29, 0.717) is 17.5 Å². The van der Waals surface area contributed by atoms with E-state index in [4.69, 9.17) is 23.8 Å². The first-order valence-electron chi connectivity index (χ1n) is 16.6. The molecule has 0 N–H and O–H groups in total. The summed E-state index contributed by atoms with van der Waals surface area (Å²) < 4.78 is 12.8. The number of para-hydroxylation sites is 3. The Hall–Kier alpha value is -6.85. The van der Waals surface area contributed by atoms with Gasteiger partial charge in [0.05, 0.1) is 0 Å². The normalized spacial score (nSPS) is 11.6. The number of fused-ring (bicyclic) bond motifs is 6. The van der Waals surface area contributed by atoms with E-state index in [2.05, 4.69) is 66.7 Å². The van der Waals surface area contributed by atoms with Crippen LogP contribution in [0.5, 0.6) is 0 Å². The minimum absolute atomic E-state index is 0.586. The summed E-state index contributed by atoms with van der Waals surface area (Å²) in [5, 5.41) is 4.36. The Morgan fingerprint density at radius 1 is 0.300 bits per heavy atom. The number of rotatable bonds is 5. The lowest BCUT2D eigenvalue weighted by Crippen LogP contribution is -2.00. The first-order chi connectivity index (χ1) is 24.7. The Balaban J connectivity index is 1.23. The highest BCUT2D eigenvalue weighted by atomic mass is 16.3. The van der Waals surface area contributed by atoms with Crippen molar-refractivity contribution in [2.75, 3.05) is 0 Å². The molecule has 3 heterocycles. The van der Waals surface area contributed by atoms with Crippen LogP contribution in [0.2, 0.25) is 0 Å². The predicted octanol–water partition coefficient (Wildman–Crippen LogP) is 12.0. The average Bonchev–Trinajstić information content (AvgIpc) is 3.76. The predicted molar refractivity (Wildman–Crippen MR) is 202 cm³/mol. The molecule has 0 bridgehead atoms. The van der Waals surface area contributed by atoms with Crippen LogP contribution in [0.25, 0.3) is 100 Å². The first kappa shape index (κ1) is 28.2. The lowest BCUT2D eigenvalue weighted by molar-refractivity contribution is 0.669. The van der Waals surface area contributed by atoms with Gasteiger partial charge in [0.1, 0.15) is 22.3 Å². The van der Waals surface area contributed by atoms with Crippen molar-refractivity contribution in [3.8, 4) is 56.4 Å². The maximum Gasteiger partial charge on any atom is 0.164 e. The molecule has 0 unspecified atom stereocenters. The van der Waals surface area contributed by atoms with Crippen molar-refractivity contribution in [3.63, 3.8) is 0 Å². The van der Waals surface area contributed by atoms with E-state index in [-0.39, 0.29) is 0 Å². The quantitative estimate of drug-likeness (QED) is 0.187. The molecule has 0 fully saturated rings. The molecule has 0 aliphatic rings. The lowest BCUT2D eigenvalue weighted by atomic mass is 9.94. The standard InChI is InChI=1S/C45H27N3O2/c1-3-12-28(13-4-1)43-46-44(29-14-5-2-6-15-29)48-45(47-43)33-25-31(30-22-23-37-35-16-7-9-20-39(35)49-41(37)27-30)24-32(26-33)34-18-11-19-38-36-17-8-10-21-40(36)50-42(34)38/h1-27H. The maximum atomic E-state index is 6.52. The van der Waals surface area contributed by atoms with Gasteiger partial charge in [0, 0.05) is 43.8 Å². The van der Waals surface area contributed by atoms with Crippen LogP contribution in [-0.2, 0) is 0 Å². The van der Waals surface area contributed by atoms with Crippen LogP contribution in [0.1, 0.15) is 0 Å². The third-order valence-corrected chi connectivity index (χ3v) is 9.32. The van der Waals surface area contributed by atoms with E-state index in [1.165, 1.54) is 0 Å². The molecular weight excluding hydrogens is 615 g/mol. The Morgan fingerprint density at radius 3 is 1.52 bits per heavy atom. The number of benzene rings is 7. The lowest BCUT2D eigenvalue weighted by Gasteiger charge is -2.13. The van der Waals surface area contributed by atoms with Gasteiger partial charge in [-0.3, -0.25) is 0 Å². The van der Waals surface area contributed by atoms with Gasteiger partial charge in [-0.15, -0.1) is 0 Å². The molecule has 0 spiro atoms. The molecule has 0 saturated heterocycles. The molecule has 0 atom stereocenters. The molecule has 10 aromatic rings. The second-order valence-corrected chi connectivity index (χ2v) is 12.4. The van der Waals surface area contributed by atoms with Crippen LogP contribution in [0.15, 0.2) is 173 Å². The minimum Gasteiger partial charge on any atom is -0.456 e. The highest BCUT2D eigenvalue weighted by Gasteiger charge is 2.18. The number of furan rings is 2. The molecule has 5 nitrogen and oxygen atoms in total. The Bertz CT molecular complexity index is 2810. The van der Waals surface area contributed by atoms with Crippen molar-refractivity contribution < 1.29 is 8.83 Å². The zero-order valence-electron chi connectivity index (χ0n) is 26.7. The maximum absolute atomic E-state index is 6.52. The molecule has 7 aromatic carbocycles. The van der Waals surface area contributed by atoms with Crippen molar-refractivity contribution in [1.29, 1.82) is 0 Å². The summed E-state index contributed by atoms with van der Waals surface area (Å²) in [6, 6.07) is 55.7. The molecule has 0 saturated carbocycles. The number of hydrogen-bond acceptors (Lipinski definition) is 5. The second-order valence-electron chi connectivity index (χ2n) is 12.4. The van der Waals surface area contributed by atoms with Crippen LogP contribution < -0.4 is 0 Å². The summed E-state index contributed by atoms with van der Waals surface area (Å²) in [6.45, 7) is 0. The van der Waals surface area contributed by atoms with Crippen LogP contribution >= 0.6 is 0 Å². The zero-order chi connectivity index (χ0) is 33.0. The van der Waals surface area contributed by atoms with Gasteiger partial charge in [-0.2, -0.15) is 0 Å². The van der Waals surface area contributed by atoms with E-state index in [0.717, 1.165) is 82.8 Å². The Kier molecular flexibility index (Phi) is 6.42. The summed E-state index contributed by atoms with van der Waals surface area (Å²) >= 11 is 0. The van der Waals surface area contributed by atoms with Gasteiger partial charge < -0.3 is 8.83 Å². The molecule has 0 amide bonds. The van der Waals surface area contributed by atoms with E-state index in [1.807, 2.05) is 97.1 Å². The van der Waals surface area contributed by atoms with Gasteiger partial charge >= 0.3 is 0 Å². The van der Waals surface area contributed by atoms with Crippen molar-refractivity contribution in [1.82, 2.24) is 15.0 Å². The van der Waals surface area contributed by atoms with Crippen molar-refractivity contribution in [2.45, 2.75) is 0 Å². The molecule has 50 heavy (non-hydrogen) atoms. The van der Waals surface area contributed by atoms with E-state index < -0.39 is 0 Å². The Morgan fingerprint density at radius 2 is 0.820 bits per heavy atom. The summed E-state index contributed by atoms with van der Waals surface area (Å²) in [7, 11) is 0. The fourth-order valence-electron chi connectivity index (χ4n) is 6.90. The molecule has 234 valence electrons. The van der Waals surface area contributed by atoms with Crippen LogP contribution in [0, 0.1) is 0 Å². The second kappa shape index (κ2) is 11.4. The molecular formula is C45H27N3O2. The molecule has 5 heteroatoms. The van der Waals surface area contributed by atoms with Gasteiger partial charge in [-0.05, 0) is 59.2 Å².